The second-order valence-corrected chi connectivity index (χ2v) is 7.12. The van der Waals surface area contributed by atoms with E-state index in [-0.39, 0.29) is 11.7 Å². The van der Waals surface area contributed by atoms with Gasteiger partial charge in [0, 0.05) is 11.6 Å². The summed E-state index contributed by atoms with van der Waals surface area (Å²) in [5, 5.41) is 3.27. The van der Waals surface area contributed by atoms with Gasteiger partial charge in [-0.25, -0.2) is 4.98 Å². The highest BCUT2D eigenvalue weighted by atomic mass is 32.2. The maximum Gasteiger partial charge on any atom is 0.256 e. The van der Waals surface area contributed by atoms with Crippen molar-refractivity contribution in [3.63, 3.8) is 0 Å². The van der Waals surface area contributed by atoms with Crippen LogP contribution in [0.15, 0.2) is 52.2 Å². The number of aromatic nitrogens is 1. The first-order chi connectivity index (χ1) is 13.5. The molecule has 3 aromatic rings. The topological polar surface area (TPSA) is 73.6 Å². The van der Waals surface area contributed by atoms with Gasteiger partial charge in [0.2, 0.25) is 5.91 Å². The summed E-state index contributed by atoms with van der Waals surface area (Å²) < 4.78 is 16.2. The van der Waals surface area contributed by atoms with E-state index in [2.05, 4.69) is 36.3 Å². The van der Waals surface area contributed by atoms with Crippen molar-refractivity contribution in [2.45, 2.75) is 19.1 Å². The van der Waals surface area contributed by atoms with E-state index in [1.807, 2.05) is 6.07 Å². The molecule has 0 fully saturated rings. The minimum atomic E-state index is -0.181. The Labute approximate surface area is 168 Å². The lowest BCUT2D eigenvalue weighted by atomic mass is 10.1. The summed E-state index contributed by atoms with van der Waals surface area (Å²) in [7, 11) is 3.12. The molecule has 0 saturated heterocycles. The lowest BCUT2D eigenvalue weighted by Crippen LogP contribution is -2.14. The van der Waals surface area contributed by atoms with Gasteiger partial charge in [0.1, 0.15) is 11.5 Å². The number of nitrogens with zero attached hydrogens (tertiary/aromatic N) is 1. The standard InChI is InChI=1S/C21H22N2O4S/c1-13-5-6-15(9-14(13)2)19-11-22-21(27-19)28-12-20(24)23-17-8-7-16(25-3)10-18(17)26-4/h5-11H,12H2,1-4H3,(H,23,24). The van der Waals surface area contributed by atoms with Crippen molar-refractivity contribution in [1.82, 2.24) is 4.98 Å². The van der Waals surface area contributed by atoms with Crippen molar-refractivity contribution in [3.05, 3.63) is 53.7 Å². The van der Waals surface area contributed by atoms with Crippen LogP contribution >= 0.6 is 11.8 Å². The first kappa shape index (κ1) is 19.8. The average Bonchev–Trinajstić information content (AvgIpc) is 3.18. The van der Waals surface area contributed by atoms with Crippen molar-refractivity contribution in [3.8, 4) is 22.8 Å². The molecule has 0 radical (unpaired) electrons. The highest BCUT2D eigenvalue weighted by Gasteiger charge is 2.12. The van der Waals surface area contributed by atoms with Crippen LogP contribution in [-0.4, -0.2) is 30.9 Å². The van der Waals surface area contributed by atoms with Gasteiger partial charge in [-0.2, -0.15) is 0 Å². The molecule has 0 unspecified atom stereocenters. The summed E-state index contributed by atoms with van der Waals surface area (Å²) in [5.74, 6) is 1.86. The molecular weight excluding hydrogens is 376 g/mol. The Kier molecular flexibility index (Phi) is 6.26. The molecule has 146 valence electrons. The van der Waals surface area contributed by atoms with Crippen molar-refractivity contribution in [2.75, 3.05) is 25.3 Å². The second-order valence-electron chi connectivity index (χ2n) is 6.19. The van der Waals surface area contributed by atoms with Crippen LogP contribution in [0.25, 0.3) is 11.3 Å². The monoisotopic (exact) mass is 398 g/mol. The number of hydrogen-bond donors (Lipinski definition) is 1. The number of nitrogens with one attached hydrogen (secondary N) is 1. The van der Waals surface area contributed by atoms with Gasteiger partial charge >= 0.3 is 0 Å². The molecular formula is C21H22N2O4S. The number of oxazole rings is 1. The van der Waals surface area contributed by atoms with Crippen LogP contribution in [0, 0.1) is 13.8 Å². The zero-order valence-corrected chi connectivity index (χ0v) is 17.1. The highest BCUT2D eigenvalue weighted by Crippen LogP contribution is 2.30. The first-order valence-corrected chi connectivity index (χ1v) is 9.67. The predicted molar refractivity (Wildman–Crippen MR) is 110 cm³/mol. The van der Waals surface area contributed by atoms with Crippen LogP contribution in [0.2, 0.25) is 0 Å². The summed E-state index contributed by atoms with van der Waals surface area (Å²) in [4.78, 5) is 16.5. The maximum atomic E-state index is 12.3. The van der Waals surface area contributed by atoms with Crippen molar-refractivity contribution in [2.24, 2.45) is 0 Å². The Bertz CT molecular complexity index is 984. The van der Waals surface area contributed by atoms with Crippen LogP contribution in [0.4, 0.5) is 5.69 Å². The number of hydrogen-bond acceptors (Lipinski definition) is 6. The lowest BCUT2D eigenvalue weighted by Gasteiger charge is -2.11. The van der Waals surface area contributed by atoms with E-state index < -0.39 is 0 Å². The van der Waals surface area contributed by atoms with E-state index in [0.29, 0.717) is 28.2 Å². The fraction of sp³-hybridized carbons (Fsp3) is 0.238. The summed E-state index contributed by atoms with van der Waals surface area (Å²) in [6.45, 7) is 4.12. The molecule has 1 heterocycles. The molecule has 0 spiro atoms. The quantitative estimate of drug-likeness (QED) is 0.581. The zero-order valence-electron chi connectivity index (χ0n) is 16.2. The Morgan fingerprint density at radius 2 is 1.93 bits per heavy atom. The molecule has 0 bridgehead atoms. The lowest BCUT2D eigenvalue weighted by molar-refractivity contribution is -0.113. The normalized spacial score (nSPS) is 10.6. The van der Waals surface area contributed by atoms with Gasteiger partial charge in [-0.05, 0) is 43.2 Å². The van der Waals surface area contributed by atoms with E-state index in [0.717, 1.165) is 5.56 Å². The molecule has 6 nitrogen and oxygen atoms in total. The van der Waals surface area contributed by atoms with E-state index in [9.17, 15) is 4.79 Å². The number of thioether (sulfide) groups is 1. The van der Waals surface area contributed by atoms with Gasteiger partial charge < -0.3 is 19.2 Å². The number of carbonyl (C=O) groups is 1. The number of aryl methyl sites for hydroxylation is 2. The molecule has 0 aliphatic heterocycles. The number of rotatable bonds is 7. The first-order valence-electron chi connectivity index (χ1n) is 8.68. The maximum absolute atomic E-state index is 12.3. The number of methoxy groups -OCH3 is 2. The molecule has 1 N–H and O–H groups in total. The van der Waals surface area contributed by atoms with Gasteiger partial charge in [0.25, 0.3) is 5.22 Å². The van der Waals surface area contributed by atoms with Crippen LogP contribution in [0.5, 0.6) is 11.5 Å². The number of ether oxygens (including phenoxy) is 2. The van der Waals surface area contributed by atoms with Gasteiger partial charge in [-0.1, -0.05) is 23.9 Å². The van der Waals surface area contributed by atoms with Crippen LogP contribution < -0.4 is 14.8 Å². The minimum Gasteiger partial charge on any atom is -0.497 e. The molecule has 1 aromatic heterocycles. The molecule has 3 rings (SSSR count). The summed E-state index contributed by atoms with van der Waals surface area (Å²) in [6, 6.07) is 11.3. The summed E-state index contributed by atoms with van der Waals surface area (Å²) in [5.41, 5.74) is 3.96. The van der Waals surface area contributed by atoms with Crippen LogP contribution in [0.1, 0.15) is 11.1 Å². The van der Waals surface area contributed by atoms with Gasteiger partial charge in [-0.15, -0.1) is 0 Å². The van der Waals surface area contributed by atoms with E-state index in [1.165, 1.54) is 22.9 Å². The van der Waals surface area contributed by atoms with Gasteiger partial charge in [-0.3, -0.25) is 4.79 Å². The average molecular weight is 398 g/mol. The van der Waals surface area contributed by atoms with Crippen LogP contribution in [0.3, 0.4) is 0 Å². The Balaban J connectivity index is 1.61. The number of carbonyl (C=O) groups excluding carboxylic acids is 1. The highest BCUT2D eigenvalue weighted by molar-refractivity contribution is 7.99. The van der Waals surface area contributed by atoms with Crippen molar-refractivity contribution < 1.29 is 18.7 Å². The molecule has 7 heteroatoms. The fourth-order valence-electron chi connectivity index (χ4n) is 2.57. The SMILES string of the molecule is COc1ccc(NC(=O)CSc2ncc(-c3ccc(C)c(C)c3)o2)c(OC)c1. The van der Waals surface area contributed by atoms with Crippen molar-refractivity contribution in [1.29, 1.82) is 0 Å². The zero-order chi connectivity index (χ0) is 20.1. The summed E-state index contributed by atoms with van der Waals surface area (Å²) in [6.07, 6.45) is 1.68. The Morgan fingerprint density at radius 3 is 2.64 bits per heavy atom. The van der Waals surface area contributed by atoms with Gasteiger partial charge in [0.15, 0.2) is 5.76 Å². The van der Waals surface area contributed by atoms with Gasteiger partial charge in [0.05, 0.1) is 31.9 Å². The van der Waals surface area contributed by atoms with E-state index in [4.69, 9.17) is 13.9 Å². The largest absolute Gasteiger partial charge is 0.497 e. The number of amides is 1. The number of anilines is 1. The molecule has 0 saturated carbocycles. The molecule has 2 aromatic carbocycles. The molecule has 0 aliphatic rings. The molecule has 0 atom stereocenters. The minimum absolute atomic E-state index is 0.169. The molecule has 1 amide bonds. The second kappa shape index (κ2) is 8.84. The third kappa shape index (κ3) is 4.67. The molecule has 28 heavy (non-hydrogen) atoms. The Hall–Kier alpha value is -2.93. The third-order valence-electron chi connectivity index (χ3n) is 4.29. The number of benzene rings is 2. The van der Waals surface area contributed by atoms with E-state index in [1.54, 1.807) is 38.6 Å². The third-order valence-corrected chi connectivity index (χ3v) is 5.13. The van der Waals surface area contributed by atoms with E-state index >= 15 is 0 Å². The predicted octanol–water partition coefficient (Wildman–Crippen LogP) is 4.71. The van der Waals surface area contributed by atoms with Crippen molar-refractivity contribution >= 4 is 23.4 Å². The molecule has 0 aliphatic carbocycles. The summed E-state index contributed by atoms with van der Waals surface area (Å²) >= 11 is 1.24. The Morgan fingerprint density at radius 1 is 1.11 bits per heavy atom. The fourth-order valence-corrected chi connectivity index (χ4v) is 3.17. The van der Waals surface area contributed by atoms with Crippen LogP contribution in [-0.2, 0) is 4.79 Å². The smallest absolute Gasteiger partial charge is 0.256 e.